The predicted octanol–water partition coefficient (Wildman–Crippen LogP) is 3.15. The van der Waals surface area contributed by atoms with Crippen molar-refractivity contribution in [1.29, 1.82) is 0 Å². The van der Waals surface area contributed by atoms with Crippen LogP contribution in [-0.4, -0.2) is 64.5 Å². The number of piperazine rings is 1. The highest BCUT2D eigenvalue weighted by Crippen LogP contribution is 2.25. The first kappa shape index (κ1) is 23.1. The van der Waals surface area contributed by atoms with Crippen molar-refractivity contribution < 1.29 is 13.2 Å². The molecule has 3 aromatic rings. The monoisotopic (exact) mass is 467 g/mol. The molecule has 1 amide bonds. The van der Waals surface area contributed by atoms with E-state index in [2.05, 4.69) is 10.1 Å². The summed E-state index contributed by atoms with van der Waals surface area (Å²) in [5.74, 6) is 0.577. The lowest BCUT2D eigenvalue weighted by atomic mass is 10.0. The molecule has 174 valence electrons. The third kappa shape index (κ3) is 4.43. The summed E-state index contributed by atoms with van der Waals surface area (Å²) in [6.07, 6.45) is 3.28. The Morgan fingerprint density at radius 2 is 1.73 bits per heavy atom. The van der Waals surface area contributed by atoms with E-state index in [0.29, 0.717) is 29.4 Å². The van der Waals surface area contributed by atoms with Crippen LogP contribution in [0.4, 0.5) is 0 Å². The fraction of sp³-hybridized carbons (Fsp3) is 0.375. The van der Waals surface area contributed by atoms with E-state index >= 15 is 0 Å². The summed E-state index contributed by atoms with van der Waals surface area (Å²) in [6, 6.07) is 10.8. The third-order valence-corrected chi connectivity index (χ3v) is 7.99. The van der Waals surface area contributed by atoms with Crippen molar-refractivity contribution in [3.05, 3.63) is 71.2 Å². The lowest BCUT2D eigenvalue weighted by Gasteiger charge is -2.34. The van der Waals surface area contributed by atoms with Crippen LogP contribution in [0.25, 0.3) is 5.82 Å². The minimum atomic E-state index is -3.60. The first-order chi connectivity index (χ1) is 15.7. The van der Waals surface area contributed by atoms with Crippen molar-refractivity contribution in [1.82, 2.24) is 24.0 Å². The lowest BCUT2D eigenvalue weighted by molar-refractivity contribution is 0.0696. The van der Waals surface area contributed by atoms with Gasteiger partial charge in [-0.25, -0.2) is 18.1 Å². The molecule has 0 spiro atoms. The van der Waals surface area contributed by atoms with Crippen molar-refractivity contribution in [2.24, 2.45) is 0 Å². The number of aryl methyl sites for hydroxylation is 2. The number of hydrogen-bond donors (Lipinski definition) is 0. The second-order valence-electron chi connectivity index (χ2n) is 8.64. The van der Waals surface area contributed by atoms with E-state index in [4.69, 9.17) is 0 Å². The normalized spacial score (nSPS) is 15.2. The Kier molecular flexibility index (Phi) is 6.36. The largest absolute Gasteiger partial charge is 0.336 e. The van der Waals surface area contributed by atoms with Crippen LogP contribution in [0.15, 0.2) is 53.7 Å². The van der Waals surface area contributed by atoms with Gasteiger partial charge in [-0.3, -0.25) is 4.79 Å². The van der Waals surface area contributed by atoms with Gasteiger partial charge in [-0.05, 0) is 55.2 Å². The first-order valence-corrected chi connectivity index (χ1v) is 12.5. The van der Waals surface area contributed by atoms with Crippen LogP contribution in [0.1, 0.15) is 46.9 Å². The molecule has 8 nitrogen and oxygen atoms in total. The molecule has 1 aromatic carbocycles. The van der Waals surface area contributed by atoms with Crippen molar-refractivity contribution in [2.75, 3.05) is 26.2 Å². The topological polar surface area (TPSA) is 88.4 Å². The highest BCUT2D eigenvalue weighted by molar-refractivity contribution is 7.89. The number of carbonyl (C=O) groups is 1. The molecule has 3 heterocycles. The molecule has 2 aromatic heterocycles. The maximum Gasteiger partial charge on any atom is 0.257 e. The zero-order valence-corrected chi connectivity index (χ0v) is 20.2. The number of rotatable bonds is 5. The van der Waals surface area contributed by atoms with Crippen molar-refractivity contribution in [3.63, 3.8) is 0 Å². The van der Waals surface area contributed by atoms with E-state index in [1.165, 1.54) is 4.31 Å². The van der Waals surface area contributed by atoms with Gasteiger partial charge in [0.15, 0.2) is 5.82 Å². The summed E-state index contributed by atoms with van der Waals surface area (Å²) < 4.78 is 29.4. The molecule has 0 N–H and O–H groups in total. The van der Waals surface area contributed by atoms with Gasteiger partial charge in [0.1, 0.15) is 0 Å². The van der Waals surface area contributed by atoms with Crippen molar-refractivity contribution >= 4 is 15.9 Å². The minimum absolute atomic E-state index is 0.0555. The molecule has 4 rings (SSSR count). The molecule has 0 aliphatic carbocycles. The van der Waals surface area contributed by atoms with Crippen molar-refractivity contribution in [3.8, 4) is 5.82 Å². The second kappa shape index (κ2) is 9.07. The third-order valence-electron chi connectivity index (χ3n) is 6.09. The minimum Gasteiger partial charge on any atom is -0.336 e. The van der Waals surface area contributed by atoms with E-state index in [-0.39, 0.29) is 24.9 Å². The summed E-state index contributed by atoms with van der Waals surface area (Å²) in [6.45, 7) is 9.06. The van der Waals surface area contributed by atoms with Gasteiger partial charge in [-0.15, -0.1) is 0 Å². The summed E-state index contributed by atoms with van der Waals surface area (Å²) in [4.78, 5) is 19.7. The number of nitrogens with zero attached hydrogens (tertiary/aromatic N) is 5. The summed E-state index contributed by atoms with van der Waals surface area (Å²) in [5.41, 5.74) is 3.32. The predicted molar refractivity (Wildman–Crippen MR) is 126 cm³/mol. The molecule has 0 saturated carbocycles. The number of amides is 1. The highest BCUT2D eigenvalue weighted by atomic mass is 32.2. The fourth-order valence-electron chi connectivity index (χ4n) is 4.07. The maximum atomic E-state index is 13.4. The van der Waals surface area contributed by atoms with Crippen LogP contribution in [-0.2, 0) is 10.0 Å². The molecule has 0 bridgehead atoms. The molecule has 1 aliphatic rings. The Balaban J connectivity index is 1.52. The number of aromatic nitrogens is 3. The number of benzene rings is 1. The smallest absolute Gasteiger partial charge is 0.257 e. The Morgan fingerprint density at radius 3 is 2.33 bits per heavy atom. The Labute approximate surface area is 194 Å². The van der Waals surface area contributed by atoms with Gasteiger partial charge in [-0.2, -0.15) is 9.40 Å². The van der Waals surface area contributed by atoms with Gasteiger partial charge < -0.3 is 4.90 Å². The Morgan fingerprint density at radius 1 is 1.00 bits per heavy atom. The van der Waals surface area contributed by atoms with Crippen molar-refractivity contribution in [2.45, 2.75) is 38.5 Å². The van der Waals surface area contributed by atoms with E-state index in [1.54, 1.807) is 34.1 Å². The molecule has 0 unspecified atom stereocenters. The van der Waals surface area contributed by atoms with E-state index in [0.717, 1.165) is 16.8 Å². The fourth-order valence-corrected chi connectivity index (χ4v) is 5.57. The van der Waals surface area contributed by atoms with Crippen LogP contribution in [0, 0.1) is 13.8 Å². The number of pyridine rings is 1. The zero-order valence-electron chi connectivity index (χ0n) is 19.4. The molecule has 1 saturated heterocycles. The van der Waals surface area contributed by atoms with Crippen LogP contribution in [0.3, 0.4) is 0 Å². The van der Waals surface area contributed by atoms with E-state index < -0.39 is 10.0 Å². The van der Waals surface area contributed by atoms with Crippen LogP contribution in [0.5, 0.6) is 0 Å². The molecular formula is C24H29N5O3S. The van der Waals surface area contributed by atoms with Gasteiger partial charge in [-0.1, -0.05) is 26.0 Å². The van der Waals surface area contributed by atoms with Crippen LogP contribution < -0.4 is 0 Å². The number of carbonyl (C=O) groups excluding carboxylic acids is 1. The van der Waals surface area contributed by atoms with Crippen LogP contribution >= 0.6 is 0 Å². The molecule has 1 aliphatic heterocycles. The maximum absolute atomic E-state index is 13.4. The quantitative estimate of drug-likeness (QED) is 0.575. The molecule has 9 heteroatoms. The Bertz CT molecular complexity index is 1260. The summed E-state index contributed by atoms with van der Waals surface area (Å²) >= 11 is 0. The van der Waals surface area contributed by atoms with E-state index in [9.17, 15) is 13.2 Å². The average Bonchev–Trinajstić information content (AvgIpc) is 3.26. The summed E-state index contributed by atoms with van der Waals surface area (Å²) in [7, 11) is -3.60. The van der Waals surface area contributed by atoms with Gasteiger partial charge in [0.25, 0.3) is 5.91 Å². The number of sulfonamides is 1. The molecule has 0 radical (unpaired) electrons. The van der Waals surface area contributed by atoms with Gasteiger partial charge >= 0.3 is 0 Å². The van der Waals surface area contributed by atoms with E-state index in [1.807, 2.05) is 52.0 Å². The average molecular weight is 468 g/mol. The molecule has 0 atom stereocenters. The van der Waals surface area contributed by atoms with Crippen LogP contribution in [0.2, 0.25) is 0 Å². The molecular weight excluding hydrogens is 438 g/mol. The standard InChI is InChI=1S/C24H29N5O3S/c1-17(2)23-21(16-26-29(23)22-7-5-6-10-25-22)24(30)27-11-13-28(14-12-27)33(31,32)20-9-8-18(3)19(4)15-20/h5-10,15-17H,11-14H2,1-4H3. The first-order valence-electron chi connectivity index (χ1n) is 11.1. The molecule has 33 heavy (non-hydrogen) atoms. The highest BCUT2D eigenvalue weighted by Gasteiger charge is 2.32. The second-order valence-corrected chi connectivity index (χ2v) is 10.6. The van der Waals surface area contributed by atoms with Gasteiger partial charge in [0, 0.05) is 32.4 Å². The zero-order chi connectivity index (χ0) is 23.8. The number of hydrogen-bond acceptors (Lipinski definition) is 5. The molecule has 1 fully saturated rings. The SMILES string of the molecule is Cc1ccc(S(=O)(=O)N2CCN(C(=O)c3cnn(-c4ccccn4)c3C(C)C)CC2)cc1C. The lowest BCUT2D eigenvalue weighted by Crippen LogP contribution is -2.50. The summed E-state index contributed by atoms with van der Waals surface area (Å²) in [5, 5.41) is 4.43. The van der Waals surface area contributed by atoms with Gasteiger partial charge in [0.2, 0.25) is 10.0 Å². The van der Waals surface area contributed by atoms with Gasteiger partial charge in [0.05, 0.1) is 22.3 Å². The Hall–Kier alpha value is -3.04.